The lowest BCUT2D eigenvalue weighted by molar-refractivity contribution is -0.122. The molecule has 2 rings (SSSR count). The minimum atomic E-state index is -0.177. The second kappa shape index (κ2) is 5.36. The number of piperidine rings is 2. The second-order valence-electron chi connectivity index (χ2n) is 5.58. The highest BCUT2D eigenvalue weighted by atomic mass is 16.1. The fraction of sp³-hybridized carbons (Fsp3) is 0.923. The average Bonchev–Trinajstić information content (AvgIpc) is 2.26. The molecule has 0 aliphatic carbocycles. The van der Waals surface area contributed by atoms with Gasteiger partial charge in [0.15, 0.2) is 0 Å². The van der Waals surface area contributed by atoms with Gasteiger partial charge < -0.3 is 10.6 Å². The molecule has 2 N–H and O–H groups in total. The number of carbonyl (C=O) groups is 1. The van der Waals surface area contributed by atoms with Gasteiger partial charge in [0.05, 0.1) is 6.54 Å². The van der Waals surface area contributed by atoms with Gasteiger partial charge in [-0.15, -0.1) is 0 Å². The minimum Gasteiger partial charge on any atom is -0.369 e. The van der Waals surface area contributed by atoms with Crippen LogP contribution < -0.4 is 5.73 Å². The number of carbonyl (C=O) groups excluding carboxylic acids is 1. The third-order valence-corrected chi connectivity index (χ3v) is 4.56. The van der Waals surface area contributed by atoms with Gasteiger partial charge in [-0.25, -0.2) is 0 Å². The Kier molecular flexibility index (Phi) is 4.05. The van der Waals surface area contributed by atoms with Gasteiger partial charge in [0, 0.05) is 18.1 Å². The van der Waals surface area contributed by atoms with Gasteiger partial charge in [0.2, 0.25) is 5.91 Å². The van der Waals surface area contributed by atoms with E-state index in [4.69, 9.17) is 5.73 Å². The minimum absolute atomic E-state index is 0.177. The summed E-state index contributed by atoms with van der Waals surface area (Å²) in [6.07, 6.45) is 6.19. The number of hydrogen-bond donors (Lipinski definition) is 1. The third-order valence-electron chi connectivity index (χ3n) is 4.56. The lowest BCUT2D eigenvalue weighted by Crippen LogP contribution is -2.58. The maximum Gasteiger partial charge on any atom is 0.231 e. The van der Waals surface area contributed by atoms with Crippen molar-refractivity contribution in [3.8, 4) is 0 Å². The van der Waals surface area contributed by atoms with Crippen molar-refractivity contribution in [3.63, 3.8) is 0 Å². The molecular formula is C13H25N3O. The Balaban J connectivity index is 2.03. The number of nitrogens with zero attached hydrogens (tertiary/aromatic N) is 2. The first kappa shape index (κ1) is 12.8. The van der Waals surface area contributed by atoms with Crippen LogP contribution in [0, 0.1) is 0 Å². The lowest BCUT2D eigenvalue weighted by Gasteiger charge is -2.50. The molecule has 0 aromatic heterocycles. The molecule has 2 atom stereocenters. The topological polar surface area (TPSA) is 49.6 Å². The molecule has 2 unspecified atom stereocenters. The molecule has 0 aromatic carbocycles. The van der Waals surface area contributed by atoms with Gasteiger partial charge in [-0.2, -0.15) is 0 Å². The van der Waals surface area contributed by atoms with Crippen LogP contribution in [0.5, 0.6) is 0 Å². The summed E-state index contributed by atoms with van der Waals surface area (Å²) in [7, 11) is 2.21. The number of primary amides is 1. The number of nitrogens with two attached hydrogens (primary N) is 1. The molecule has 17 heavy (non-hydrogen) atoms. The van der Waals surface area contributed by atoms with Crippen LogP contribution in [0.1, 0.15) is 39.0 Å². The van der Waals surface area contributed by atoms with E-state index in [2.05, 4.69) is 23.8 Å². The maximum absolute atomic E-state index is 11.1. The summed E-state index contributed by atoms with van der Waals surface area (Å²) in [5, 5.41) is 0. The molecule has 2 saturated heterocycles. The normalized spacial score (nSPS) is 33.9. The fourth-order valence-corrected chi connectivity index (χ4v) is 3.51. The van der Waals surface area contributed by atoms with Gasteiger partial charge in [0.1, 0.15) is 0 Å². The highest BCUT2D eigenvalue weighted by molar-refractivity contribution is 5.76. The third kappa shape index (κ3) is 2.80. The van der Waals surface area contributed by atoms with Gasteiger partial charge in [0.25, 0.3) is 0 Å². The van der Waals surface area contributed by atoms with Gasteiger partial charge in [-0.3, -0.25) is 9.69 Å². The number of amides is 1. The summed E-state index contributed by atoms with van der Waals surface area (Å²) in [5.74, 6) is -0.177. The van der Waals surface area contributed by atoms with Crippen LogP contribution in [0.25, 0.3) is 0 Å². The van der Waals surface area contributed by atoms with Crippen molar-refractivity contribution in [2.24, 2.45) is 5.73 Å². The zero-order chi connectivity index (χ0) is 12.4. The summed E-state index contributed by atoms with van der Waals surface area (Å²) in [6, 6.07) is 1.85. The van der Waals surface area contributed by atoms with E-state index in [9.17, 15) is 4.79 Å². The molecule has 1 amide bonds. The van der Waals surface area contributed by atoms with E-state index < -0.39 is 0 Å². The number of fused-ring (bicyclic) bond motifs is 2. The quantitative estimate of drug-likeness (QED) is 0.790. The van der Waals surface area contributed by atoms with Crippen LogP contribution >= 0.6 is 0 Å². The smallest absolute Gasteiger partial charge is 0.231 e. The number of hydrogen-bond acceptors (Lipinski definition) is 3. The van der Waals surface area contributed by atoms with E-state index in [0.717, 1.165) is 6.54 Å². The Labute approximate surface area is 104 Å². The molecule has 0 saturated carbocycles. The van der Waals surface area contributed by atoms with Crippen LogP contribution in [0.4, 0.5) is 0 Å². The zero-order valence-electron chi connectivity index (χ0n) is 11.1. The highest BCUT2D eigenvalue weighted by Crippen LogP contribution is 2.35. The zero-order valence-corrected chi connectivity index (χ0v) is 11.1. The fourth-order valence-electron chi connectivity index (χ4n) is 3.51. The van der Waals surface area contributed by atoms with Crippen molar-refractivity contribution in [1.82, 2.24) is 9.80 Å². The molecule has 2 aliphatic rings. The highest BCUT2D eigenvalue weighted by Gasteiger charge is 2.39. The molecule has 2 heterocycles. The van der Waals surface area contributed by atoms with Crippen LogP contribution in [0.2, 0.25) is 0 Å². The summed E-state index contributed by atoms with van der Waals surface area (Å²) in [6.45, 7) is 3.78. The van der Waals surface area contributed by atoms with Crippen molar-refractivity contribution < 1.29 is 4.79 Å². The summed E-state index contributed by atoms with van der Waals surface area (Å²) in [5.41, 5.74) is 5.36. The second-order valence-corrected chi connectivity index (χ2v) is 5.58. The first-order valence-electron chi connectivity index (χ1n) is 6.86. The summed E-state index contributed by atoms with van der Waals surface area (Å²) < 4.78 is 0. The van der Waals surface area contributed by atoms with Gasteiger partial charge in [-0.05, 0) is 39.3 Å². The molecule has 4 heteroatoms. The van der Waals surface area contributed by atoms with Crippen LogP contribution in [0.3, 0.4) is 0 Å². The first-order chi connectivity index (χ1) is 8.11. The van der Waals surface area contributed by atoms with Crippen LogP contribution in [-0.2, 0) is 4.79 Å². The Morgan fingerprint density at radius 2 is 1.94 bits per heavy atom. The number of rotatable bonds is 4. The largest absolute Gasteiger partial charge is 0.369 e. The van der Waals surface area contributed by atoms with Crippen molar-refractivity contribution in [3.05, 3.63) is 0 Å². The molecular weight excluding hydrogens is 214 g/mol. The molecule has 98 valence electrons. The molecule has 0 radical (unpaired) electrons. The van der Waals surface area contributed by atoms with Crippen molar-refractivity contribution in [2.75, 3.05) is 20.1 Å². The predicted molar refractivity (Wildman–Crippen MR) is 68.7 cm³/mol. The standard InChI is InChI=1S/C13H25N3O/c1-3-15(2)12-7-10-5-4-6-11(8-12)16(10)9-13(14)17/h10-12H,3-9H2,1-2H3,(H2,14,17). The van der Waals surface area contributed by atoms with Crippen molar-refractivity contribution in [1.29, 1.82) is 0 Å². The Hall–Kier alpha value is -0.610. The van der Waals surface area contributed by atoms with E-state index in [1.807, 2.05) is 0 Å². The lowest BCUT2D eigenvalue weighted by atomic mass is 9.81. The Morgan fingerprint density at radius 3 is 2.41 bits per heavy atom. The molecule has 0 spiro atoms. The molecule has 0 aromatic rings. The average molecular weight is 239 g/mol. The van der Waals surface area contributed by atoms with Gasteiger partial charge in [-0.1, -0.05) is 13.3 Å². The van der Waals surface area contributed by atoms with E-state index in [0.29, 0.717) is 24.7 Å². The predicted octanol–water partition coefficient (Wildman–Crippen LogP) is 0.809. The molecule has 4 nitrogen and oxygen atoms in total. The first-order valence-corrected chi connectivity index (χ1v) is 6.86. The van der Waals surface area contributed by atoms with Crippen LogP contribution in [0.15, 0.2) is 0 Å². The SMILES string of the molecule is CCN(C)C1CC2CCCC(C1)N2CC(N)=O. The van der Waals surface area contributed by atoms with E-state index in [1.165, 1.54) is 32.1 Å². The molecule has 2 bridgehead atoms. The Bertz CT molecular complexity index is 268. The Morgan fingerprint density at radius 1 is 1.35 bits per heavy atom. The molecule has 2 aliphatic heterocycles. The van der Waals surface area contributed by atoms with E-state index in [-0.39, 0.29) is 5.91 Å². The summed E-state index contributed by atoms with van der Waals surface area (Å²) in [4.78, 5) is 16.0. The van der Waals surface area contributed by atoms with E-state index >= 15 is 0 Å². The summed E-state index contributed by atoms with van der Waals surface area (Å²) >= 11 is 0. The van der Waals surface area contributed by atoms with Crippen molar-refractivity contribution in [2.45, 2.75) is 57.2 Å². The maximum atomic E-state index is 11.1. The monoisotopic (exact) mass is 239 g/mol. The van der Waals surface area contributed by atoms with E-state index in [1.54, 1.807) is 0 Å². The van der Waals surface area contributed by atoms with Gasteiger partial charge >= 0.3 is 0 Å². The molecule has 2 fully saturated rings. The van der Waals surface area contributed by atoms with Crippen LogP contribution in [-0.4, -0.2) is 54.0 Å². The van der Waals surface area contributed by atoms with Crippen molar-refractivity contribution >= 4 is 5.91 Å².